The van der Waals surface area contributed by atoms with Crippen molar-refractivity contribution in [3.63, 3.8) is 0 Å². The molecule has 0 aliphatic carbocycles. The third kappa shape index (κ3) is 1.41. The summed E-state index contributed by atoms with van der Waals surface area (Å²) in [5.41, 5.74) is 0. The summed E-state index contributed by atoms with van der Waals surface area (Å²) >= 11 is 0. The zero-order valence-electron chi connectivity index (χ0n) is 7.42. The monoisotopic (exact) mass is 168 g/mol. The van der Waals surface area contributed by atoms with Gasteiger partial charge in [0, 0.05) is 12.8 Å². The molecule has 0 aromatic carbocycles. The summed E-state index contributed by atoms with van der Waals surface area (Å²) in [7, 11) is 0. The Kier molecular flexibility index (Phi) is 2.20. The van der Waals surface area contributed by atoms with Crippen LogP contribution in [0.3, 0.4) is 0 Å². The second kappa shape index (κ2) is 3.19. The summed E-state index contributed by atoms with van der Waals surface area (Å²) in [4.78, 5) is 0. The fourth-order valence-electron chi connectivity index (χ4n) is 2.04. The third-order valence-corrected chi connectivity index (χ3v) is 2.76. The predicted molar refractivity (Wildman–Crippen MR) is 46.8 cm³/mol. The van der Waals surface area contributed by atoms with Crippen LogP contribution < -0.4 is 0 Å². The Bertz CT molecular complexity index is 171. The minimum Gasteiger partial charge on any atom is -0.350 e. The van der Waals surface area contributed by atoms with E-state index >= 15 is 0 Å². The summed E-state index contributed by atoms with van der Waals surface area (Å²) in [5.74, 6) is -0.225. The van der Waals surface area contributed by atoms with Crippen molar-refractivity contribution >= 4 is 0 Å². The molecule has 0 unspecified atom stereocenters. The molecule has 2 atom stereocenters. The number of rotatable bonds is 1. The van der Waals surface area contributed by atoms with Crippen LogP contribution in [0.2, 0.25) is 0 Å². The van der Waals surface area contributed by atoms with Gasteiger partial charge in [0.05, 0.1) is 12.7 Å². The van der Waals surface area contributed by atoms with Gasteiger partial charge in [0.2, 0.25) is 0 Å². The van der Waals surface area contributed by atoms with Crippen molar-refractivity contribution in [2.24, 2.45) is 0 Å². The summed E-state index contributed by atoms with van der Waals surface area (Å²) in [6, 6.07) is 0. The molecule has 2 heteroatoms. The normalized spacial score (nSPS) is 41.8. The molecule has 0 aromatic heterocycles. The lowest BCUT2D eigenvalue weighted by Gasteiger charge is -2.33. The third-order valence-electron chi connectivity index (χ3n) is 2.76. The lowest BCUT2D eigenvalue weighted by atomic mass is 10.0. The molecular weight excluding hydrogens is 152 g/mol. The maximum atomic E-state index is 5.80. The second-order valence-electron chi connectivity index (χ2n) is 3.65. The highest BCUT2D eigenvalue weighted by atomic mass is 16.7. The van der Waals surface area contributed by atoms with E-state index in [0.717, 1.165) is 25.9 Å². The van der Waals surface area contributed by atoms with E-state index in [2.05, 4.69) is 6.58 Å². The van der Waals surface area contributed by atoms with Gasteiger partial charge in [-0.1, -0.05) is 6.08 Å². The Hall–Kier alpha value is -0.340. The Balaban J connectivity index is 1.98. The first-order chi connectivity index (χ1) is 5.85. The average molecular weight is 168 g/mol. The standard InChI is InChI=1S/C10H16O2/c1-2-9-5-7-10(12-9)6-3-4-8-11-10/h2,9H,1,3-8H2/t9-,10+/m1/s1. The maximum Gasteiger partial charge on any atom is 0.169 e. The first-order valence-electron chi connectivity index (χ1n) is 4.79. The van der Waals surface area contributed by atoms with Crippen LogP contribution in [0.5, 0.6) is 0 Å². The highest BCUT2D eigenvalue weighted by Gasteiger charge is 2.41. The van der Waals surface area contributed by atoms with Gasteiger partial charge in [-0.05, 0) is 19.3 Å². The zero-order chi connectivity index (χ0) is 8.44. The van der Waals surface area contributed by atoms with Gasteiger partial charge in [-0.3, -0.25) is 0 Å². The fourth-order valence-corrected chi connectivity index (χ4v) is 2.04. The Morgan fingerprint density at radius 2 is 2.25 bits per heavy atom. The van der Waals surface area contributed by atoms with Crippen LogP contribution in [0.15, 0.2) is 12.7 Å². The van der Waals surface area contributed by atoms with E-state index in [1.165, 1.54) is 12.8 Å². The smallest absolute Gasteiger partial charge is 0.169 e. The molecule has 2 saturated heterocycles. The van der Waals surface area contributed by atoms with Crippen LogP contribution in [-0.4, -0.2) is 18.5 Å². The van der Waals surface area contributed by atoms with Gasteiger partial charge < -0.3 is 9.47 Å². The van der Waals surface area contributed by atoms with Crippen molar-refractivity contribution in [1.29, 1.82) is 0 Å². The van der Waals surface area contributed by atoms with Crippen molar-refractivity contribution in [1.82, 2.24) is 0 Å². The zero-order valence-corrected chi connectivity index (χ0v) is 7.42. The average Bonchev–Trinajstić information content (AvgIpc) is 2.50. The molecule has 0 N–H and O–H groups in total. The molecule has 0 amide bonds. The van der Waals surface area contributed by atoms with Gasteiger partial charge in [-0.2, -0.15) is 0 Å². The Morgan fingerprint density at radius 3 is 2.83 bits per heavy atom. The summed E-state index contributed by atoms with van der Waals surface area (Å²) < 4.78 is 11.5. The van der Waals surface area contributed by atoms with Gasteiger partial charge >= 0.3 is 0 Å². The van der Waals surface area contributed by atoms with Crippen molar-refractivity contribution in [3.8, 4) is 0 Å². The molecule has 0 aromatic rings. The molecule has 0 radical (unpaired) electrons. The molecule has 1 spiro atoms. The minimum atomic E-state index is -0.225. The number of ether oxygens (including phenoxy) is 2. The molecule has 2 fully saturated rings. The van der Waals surface area contributed by atoms with E-state index in [4.69, 9.17) is 9.47 Å². The van der Waals surface area contributed by atoms with Gasteiger partial charge in [-0.15, -0.1) is 6.58 Å². The van der Waals surface area contributed by atoms with Gasteiger partial charge in [0.15, 0.2) is 5.79 Å². The van der Waals surface area contributed by atoms with Crippen LogP contribution in [0.1, 0.15) is 32.1 Å². The molecule has 2 heterocycles. The van der Waals surface area contributed by atoms with Crippen molar-refractivity contribution in [3.05, 3.63) is 12.7 Å². The first-order valence-corrected chi connectivity index (χ1v) is 4.79. The fraction of sp³-hybridized carbons (Fsp3) is 0.800. The summed E-state index contributed by atoms with van der Waals surface area (Å²) in [6.45, 7) is 4.61. The number of hydrogen-bond donors (Lipinski definition) is 0. The van der Waals surface area contributed by atoms with Crippen LogP contribution >= 0.6 is 0 Å². The molecule has 2 aliphatic rings. The summed E-state index contributed by atoms with van der Waals surface area (Å²) in [6.07, 6.45) is 7.72. The number of hydrogen-bond acceptors (Lipinski definition) is 2. The van der Waals surface area contributed by atoms with E-state index in [1.54, 1.807) is 0 Å². The van der Waals surface area contributed by atoms with Gasteiger partial charge in [-0.25, -0.2) is 0 Å². The maximum absolute atomic E-state index is 5.80. The van der Waals surface area contributed by atoms with Crippen LogP contribution in [0.25, 0.3) is 0 Å². The van der Waals surface area contributed by atoms with Gasteiger partial charge in [0.1, 0.15) is 0 Å². The summed E-state index contributed by atoms with van der Waals surface area (Å²) in [5, 5.41) is 0. The topological polar surface area (TPSA) is 18.5 Å². The molecule has 68 valence electrons. The second-order valence-corrected chi connectivity index (χ2v) is 3.65. The molecule has 12 heavy (non-hydrogen) atoms. The van der Waals surface area contributed by atoms with E-state index < -0.39 is 0 Å². The molecule has 0 bridgehead atoms. The minimum absolute atomic E-state index is 0.225. The Labute approximate surface area is 73.5 Å². The van der Waals surface area contributed by atoms with Crippen molar-refractivity contribution in [2.45, 2.75) is 44.0 Å². The first kappa shape index (κ1) is 8.27. The van der Waals surface area contributed by atoms with Crippen LogP contribution in [0, 0.1) is 0 Å². The van der Waals surface area contributed by atoms with E-state index in [0.29, 0.717) is 0 Å². The van der Waals surface area contributed by atoms with E-state index in [-0.39, 0.29) is 11.9 Å². The molecular formula is C10H16O2. The largest absolute Gasteiger partial charge is 0.350 e. The lowest BCUT2D eigenvalue weighted by molar-refractivity contribution is -0.239. The molecule has 2 aliphatic heterocycles. The van der Waals surface area contributed by atoms with Crippen molar-refractivity contribution in [2.75, 3.05) is 6.61 Å². The quantitative estimate of drug-likeness (QED) is 0.559. The molecule has 0 saturated carbocycles. The highest BCUT2D eigenvalue weighted by Crippen LogP contribution is 2.38. The molecule has 2 rings (SSSR count). The van der Waals surface area contributed by atoms with Crippen LogP contribution in [-0.2, 0) is 9.47 Å². The van der Waals surface area contributed by atoms with E-state index in [1.807, 2.05) is 6.08 Å². The Morgan fingerprint density at radius 1 is 1.33 bits per heavy atom. The molecule has 2 nitrogen and oxygen atoms in total. The predicted octanol–water partition coefficient (Wildman–Crippen LogP) is 2.25. The highest BCUT2D eigenvalue weighted by molar-refractivity contribution is 4.91. The van der Waals surface area contributed by atoms with Crippen LogP contribution in [0.4, 0.5) is 0 Å². The van der Waals surface area contributed by atoms with E-state index in [9.17, 15) is 0 Å². The SMILES string of the molecule is C=C[C@@H]1CC[C@]2(CCCCO2)O1. The van der Waals surface area contributed by atoms with Gasteiger partial charge in [0.25, 0.3) is 0 Å². The lowest BCUT2D eigenvalue weighted by Crippen LogP contribution is -2.35. The van der Waals surface area contributed by atoms with Crippen molar-refractivity contribution < 1.29 is 9.47 Å².